The summed E-state index contributed by atoms with van der Waals surface area (Å²) >= 11 is 0. The van der Waals surface area contributed by atoms with Gasteiger partial charge < -0.3 is 14.6 Å². The van der Waals surface area contributed by atoms with Crippen molar-refractivity contribution in [1.82, 2.24) is 9.47 Å². The van der Waals surface area contributed by atoms with Crippen LogP contribution in [0.4, 0.5) is 5.69 Å². The number of β-amino-alcohol motifs (C(OH)–C–C–N with tert-alkyl or cyclic N) is 1. The van der Waals surface area contributed by atoms with Gasteiger partial charge in [-0.2, -0.15) is 0 Å². The first-order valence-corrected chi connectivity index (χ1v) is 7.15. The van der Waals surface area contributed by atoms with E-state index >= 15 is 0 Å². The molecule has 1 fully saturated rings. The third-order valence-electron chi connectivity index (χ3n) is 4.03. The fraction of sp³-hybridized carbons (Fsp3) is 0.643. The molecule has 0 bridgehead atoms. The number of hydrogen-bond acceptors (Lipinski definition) is 4. The Bertz CT molecular complexity index is 552. The maximum Gasteiger partial charge on any atom is 0.287 e. The molecule has 0 aliphatic carbocycles. The Morgan fingerprint density at radius 1 is 1.52 bits per heavy atom. The van der Waals surface area contributed by atoms with Crippen molar-refractivity contribution in [1.29, 1.82) is 0 Å². The molecule has 1 aromatic heterocycles. The summed E-state index contributed by atoms with van der Waals surface area (Å²) in [6.07, 6.45) is 1.58. The summed E-state index contributed by atoms with van der Waals surface area (Å²) in [4.78, 5) is 24.6. The predicted octanol–water partition coefficient (Wildman–Crippen LogP) is 1.82. The van der Waals surface area contributed by atoms with Crippen LogP contribution < -0.4 is 0 Å². The lowest BCUT2D eigenvalue weighted by Gasteiger charge is -2.34. The highest BCUT2D eigenvalue weighted by Crippen LogP contribution is 2.24. The van der Waals surface area contributed by atoms with Gasteiger partial charge in [0.2, 0.25) is 0 Å². The molecule has 1 amide bonds. The van der Waals surface area contributed by atoms with Gasteiger partial charge in [0, 0.05) is 25.2 Å². The number of aliphatic hydroxyl groups excluding tert-OH is 1. The zero-order valence-electron chi connectivity index (χ0n) is 12.5. The van der Waals surface area contributed by atoms with Crippen molar-refractivity contribution in [3.8, 4) is 0 Å². The molecule has 1 aliphatic rings. The van der Waals surface area contributed by atoms with E-state index in [1.807, 2.05) is 20.8 Å². The van der Waals surface area contributed by atoms with Crippen LogP contribution in [-0.4, -0.2) is 44.6 Å². The molecule has 1 N–H and O–H groups in total. The second-order valence-corrected chi connectivity index (χ2v) is 5.93. The molecule has 0 aromatic carbocycles. The number of carbonyl (C=O) groups excluding carboxylic acids is 1. The first kappa shape index (κ1) is 15.5. The van der Waals surface area contributed by atoms with Gasteiger partial charge in [0.25, 0.3) is 11.6 Å². The second-order valence-electron chi connectivity index (χ2n) is 5.93. The van der Waals surface area contributed by atoms with Crippen LogP contribution in [0.15, 0.2) is 12.3 Å². The van der Waals surface area contributed by atoms with Crippen molar-refractivity contribution in [3.63, 3.8) is 0 Å². The summed E-state index contributed by atoms with van der Waals surface area (Å²) in [6, 6.07) is 1.26. The number of rotatable bonds is 3. The lowest BCUT2D eigenvalue weighted by atomic mass is 9.96. The third-order valence-corrected chi connectivity index (χ3v) is 4.03. The Labute approximate surface area is 123 Å². The van der Waals surface area contributed by atoms with E-state index < -0.39 is 11.0 Å². The van der Waals surface area contributed by atoms with E-state index in [1.165, 1.54) is 12.3 Å². The number of nitrogens with zero attached hydrogens (tertiary/aromatic N) is 3. The molecule has 2 heterocycles. The van der Waals surface area contributed by atoms with Crippen LogP contribution in [0, 0.1) is 16.0 Å². The maximum absolute atomic E-state index is 12.6. The van der Waals surface area contributed by atoms with Crippen molar-refractivity contribution < 1.29 is 14.8 Å². The minimum Gasteiger partial charge on any atom is -0.391 e. The van der Waals surface area contributed by atoms with Gasteiger partial charge in [-0.05, 0) is 26.2 Å². The summed E-state index contributed by atoms with van der Waals surface area (Å²) in [5.41, 5.74) is 0.219. The molecular weight excluding hydrogens is 274 g/mol. The van der Waals surface area contributed by atoms with Gasteiger partial charge >= 0.3 is 0 Å². The molecule has 7 nitrogen and oxygen atoms in total. The van der Waals surface area contributed by atoms with Crippen molar-refractivity contribution in [3.05, 3.63) is 28.1 Å². The van der Waals surface area contributed by atoms with Gasteiger partial charge in [0.05, 0.1) is 17.2 Å². The number of piperidine rings is 1. The summed E-state index contributed by atoms with van der Waals surface area (Å²) < 4.78 is 1.62. The van der Waals surface area contributed by atoms with Gasteiger partial charge in [-0.15, -0.1) is 0 Å². The smallest absolute Gasteiger partial charge is 0.287 e. The molecule has 21 heavy (non-hydrogen) atoms. The van der Waals surface area contributed by atoms with Crippen LogP contribution in [0.2, 0.25) is 0 Å². The van der Waals surface area contributed by atoms with Crippen LogP contribution in [0.3, 0.4) is 0 Å². The highest BCUT2D eigenvalue weighted by atomic mass is 16.6. The Kier molecular flexibility index (Phi) is 4.32. The summed E-state index contributed by atoms with van der Waals surface area (Å²) in [7, 11) is 0. The molecule has 2 atom stereocenters. The summed E-state index contributed by atoms with van der Waals surface area (Å²) in [5.74, 6) is -0.0944. The van der Waals surface area contributed by atoms with Crippen LogP contribution in [0.5, 0.6) is 0 Å². The zero-order chi connectivity index (χ0) is 15.7. The van der Waals surface area contributed by atoms with Crippen LogP contribution in [0.1, 0.15) is 43.7 Å². The average Bonchev–Trinajstić information content (AvgIpc) is 2.86. The molecule has 1 aromatic rings. The van der Waals surface area contributed by atoms with Crippen molar-refractivity contribution in [2.45, 2.75) is 39.3 Å². The Morgan fingerprint density at radius 3 is 2.71 bits per heavy atom. The Hall–Kier alpha value is -1.89. The molecule has 7 heteroatoms. The molecular formula is C14H21N3O4. The quantitative estimate of drug-likeness (QED) is 0.680. The highest BCUT2D eigenvalue weighted by Gasteiger charge is 2.30. The van der Waals surface area contributed by atoms with Gasteiger partial charge in [-0.3, -0.25) is 14.9 Å². The number of aromatic nitrogens is 1. The zero-order valence-corrected chi connectivity index (χ0v) is 12.5. The first-order valence-electron chi connectivity index (χ1n) is 7.15. The molecule has 0 saturated carbocycles. The molecule has 2 rings (SSSR count). The Balaban J connectivity index is 2.28. The molecule has 1 aliphatic heterocycles. The molecule has 116 valence electrons. The average molecular weight is 295 g/mol. The van der Waals surface area contributed by atoms with Crippen LogP contribution in [0.25, 0.3) is 0 Å². The third kappa shape index (κ3) is 3.07. The highest BCUT2D eigenvalue weighted by molar-refractivity contribution is 5.93. The van der Waals surface area contributed by atoms with E-state index in [2.05, 4.69) is 0 Å². The lowest BCUT2D eigenvalue weighted by molar-refractivity contribution is -0.384. The molecule has 1 saturated heterocycles. The second kappa shape index (κ2) is 5.85. The standard InChI is InChI=1S/C14H21N3O4/c1-9(2)16-7-11(17(20)21)6-12(16)14(19)15-5-4-10(3)13(18)8-15/h6-7,9-10,13,18H,4-5,8H2,1-3H3. The van der Waals surface area contributed by atoms with E-state index in [0.29, 0.717) is 12.2 Å². The fourth-order valence-electron chi connectivity index (χ4n) is 2.56. The fourth-order valence-corrected chi connectivity index (χ4v) is 2.56. The van der Waals surface area contributed by atoms with Gasteiger partial charge in [-0.1, -0.05) is 6.92 Å². The van der Waals surface area contributed by atoms with Gasteiger partial charge in [-0.25, -0.2) is 0 Å². The number of hydrogen-bond donors (Lipinski definition) is 1. The van der Waals surface area contributed by atoms with Crippen molar-refractivity contribution in [2.75, 3.05) is 13.1 Å². The van der Waals surface area contributed by atoms with Crippen molar-refractivity contribution in [2.24, 2.45) is 5.92 Å². The van der Waals surface area contributed by atoms with Crippen LogP contribution in [-0.2, 0) is 0 Å². The van der Waals surface area contributed by atoms with E-state index in [-0.39, 0.29) is 30.1 Å². The molecule has 0 spiro atoms. The van der Waals surface area contributed by atoms with E-state index in [1.54, 1.807) is 9.47 Å². The number of nitro groups is 1. The number of amides is 1. The van der Waals surface area contributed by atoms with E-state index in [0.717, 1.165) is 6.42 Å². The summed E-state index contributed by atoms with van der Waals surface area (Å²) in [5, 5.41) is 20.8. The van der Waals surface area contributed by atoms with Crippen molar-refractivity contribution >= 4 is 11.6 Å². The van der Waals surface area contributed by atoms with E-state index in [4.69, 9.17) is 0 Å². The number of likely N-dealkylation sites (tertiary alicyclic amines) is 1. The van der Waals surface area contributed by atoms with Gasteiger partial charge in [0.15, 0.2) is 0 Å². The normalized spacial score (nSPS) is 22.6. The van der Waals surface area contributed by atoms with E-state index in [9.17, 15) is 20.0 Å². The molecule has 0 radical (unpaired) electrons. The minimum atomic E-state index is -0.542. The Morgan fingerprint density at radius 2 is 2.19 bits per heavy atom. The monoisotopic (exact) mass is 295 g/mol. The first-order chi connectivity index (χ1) is 9.81. The predicted molar refractivity (Wildman–Crippen MR) is 77.2 cm³/mol. The molecule has 2 unspecified atom stereocenters. The van der Waals surface area contributed by atoms with Crippen LogP contribution >= 0.6 is 0 Å². The number of aliphatic hydroxyl groups is 1. The largest absolute Gasteiger partial charge is 0.391 e. The minimum absolute atomic E-state index is 0.0497. The topological polar surface area (TPSA) is 88.6 Å². The SMILES string of the molecule is CC1CCN(C(=O)c2cc([N+](=O)[O-])cn2C(C)C)CC1O. The maximum atomic E-state index is 12.6. The number of carbonyl (C=O) groups is 1. The van der Waals surface area contributed by atoms with Gasteiger partial charge in [0.1, 0.15) is 5.69 Å². The lowest BCUT2D eigenvalue weighted by Crippen LogP contribution is -2.46. The summed E-state index contributed by atoms with van der Waals surface area (Å²) in [6.45, 7) is 6.53.